The van der Waals surface area contributed by atoms with E-state index in [0.717, 1.165) is 21.3 Å². The Morgan fingerprint density at radius 3 is 2.47 bits per heavy atom. The van der Waals surface area contributed by atoms with Crippen LogP contribution in [0, 0.1) is 13.8 Å². The molecule has 30 heavy (non-hydrogen) atoms. The first-order valence-corrected chi connectivity index (χ1v) is 10.3. The zero-order valence-corrected chi connectivity index (χ0v) is 18.5. The van der Waals surface area contributed by atoms with E-state index in [1.54, 1.807) is 29.7 Å². The molecular formula is C22H24N2O5S. The molecule has 0 unspecified atom stereocenters. The summed E-state index contributed by atoms with van der Waals surface area (Å²) in [5.41, 5.74) is 3.34. The summed E-state index contributed by atoms with van der Waals surface area (Å²) in [4.78, 5) is 29.8. The van der Waals surface area contributed by atoms with E-state index in [2.05, 4.69) is 11.1 Å². The lowest BCUT2D eigenvalue weighted by Gasteiger charge is -2.08. The van der Waals surface area contributed by atoms with Gasteiger partial charge in [-0.25, -0.2) is 0 Å². The number of esters is 1. The molecule has 7 nitrogen and oxygen atoms in total. The Morgan fingerprint density at radius 2 is 1.80 bits per heavy atom. The molecule has 0 radical (unpaired) electrons. The molecule has 1 heterocycles. The van der Waals surface area contributed by atoms with E-state index in [4.69, 9.17) is 14.2 Å². The van der Waals surface area contributed by atoms with Gasteiger partial charge >= 0.3 is 5.97 Å². The second-order valence-corrected chi connectivity index (χ2v) is 7.67. The Balaban J connectivity index is 2.14. The van der Waals surface area contributed by atoms with Crippen molar-refractivity contribution < 1.29 is 23.8 Å². The van der Waals surface area contributed by atoms with Crippen molar-refractivity contribution in [1.82, 2.24) is 4.57 Å². The zero-order chi connectivity index (χ0) is 21.8. The number of rotatable bonds is 6. The van der Waals surface area contributed by atoms with Crippen LogP contribution in [0.25, 0.3) is 10.2 Å². The van der Waals surface area contributed by atoms with Gasteiger partial charge in [-0.1, -0.05) is 17.4 Å². The van der Waals surface area contributed by atoms with Crippen LogP contribution in [-0.4, -0.2) is 37.3 Å². The van der Waals surface area contributed by atoms with Crippen LogP contribution in [0.3, 0.4) is 0 Å². The minimum atomic E-state index is -0.436. The van der Waals surface area contributed by atoms with Gasteiger partial charge in [0.05, 0.1) is 31.0 Å². The molecule has 0 atom stereocenters. The number of methoxy groups -OCH3 is 2. The number of thiazole rings is 1. The van der Waals surface area contributed by atoms with Crippen molar-refractivity contribution in [3.8, 4) is 11.5 Å². The lowest BCUT2D eigenvalue weighted by atomic mass is 10.1. The predicted molar refractivity (Wildman–Crippen MR) is 115 cm³/mol. The number of fused-ring (bicyclic) bond motifs is 1. The van der Waals surface area contributed by atoms with Crippen molar-refractivity contribution in [3.63, 3.8) is 0 Å². The Labute approximate surface area is 178 Å². The van der Waals surface area contributed by atoms with Crippen LogP contribution in [0.15, 0.2) is 35.3 Å². The highest BCUT2D eigenvalue weighted by Crippen LogP contribution is 2.28. The summed E-state index contributed by atoms with van der Waals surface area (Å²) in [5, 5.41) is 0. The first kappa shape index (κ1) is 21.6. The molecule has 0 bridgehead atoms. The molecule has 0 spiro atoms. The van der Waals surface area contributed by atoms with E-state index in [-0.39, 0.29) is 19.1 Å². The average Bonchev–Trinajstić information content (AvgIpc) is 3.04. The second-order valence-electron chi connectivity index (χ2n) is 6.69. The molecule has 2 aromatic carbocycles. The summed E-state index contributed by atoms with van der Waals surface area (Å²) in [5.74, 6) is 0.158. The van der Waals surface area contributed by atoms with Crippen molar-refractivity contribution in [2.24, 2.45) is 4.99 Å². The molecule has 0 aliphatic rings. The summed E-state index contributed by atoms with van der Waals surface area (Å²) in [6.07, 6.45) is 0. The Kier molecular flexibility index (Phi) is 6.56. The number of carbonyl (C=O) groups excluding carboxylic acids is 2. The normalized spacial score (nSPS) is 11.6. The van der Waals surface area contributed by atoms with E-state index in [9.17, 15) is 9.59 Å². The van der Waals surface area contributed by atoms with E-state index in [1.165, 1.54) is 25.6 Å². The lowest BCUT2D eigenvalue weighted by molar-refractivity contribution is -0.143. The minimum Gasteiger partial charge on any atom is -0.493 e. The van der Waals surface area contributed by atoms with E-state index >= 15 is 0 Å². The fourth-order valence-corrected chi connectivity index (χ4v) is 4.28. The van der Waals surface area contributed by atoms with Gasteiger partial charge in [-0.15, -0.1) is 0 Å². The molecule has 0 aliphatic carbocycles. The van der Waals surface area contributed by atoms with Gasteiger partial charge in [0, 0.05) is 5.56 Å². The fraction of sp³-hybridized carbons (Fsp3) is 0.318. The quantitative estimate of drug-likeness (QED) is 0.560. The number of hydrogen-bond donors (Lipinski definition) is 0. The number of ether oxygens (including phenoxy) is 3. The van der Waals surface area contributed by atoms with E-state index < -0.39 is 5.91 Å². The molecule has 1 aromatic heterocycles. The van der Waals surface area contributed by atoms with Crippen LogP contribution in [0.4, 0.5) is 0 Å². The summed E-state index contributed by atoms with van der Waals surface area (Å²) in [6, 6.07) is 8.92. The summed E-state index contributed by atoms with van der Waals surface area (Å²) in [6.45, 7) is 6.02. The Hall–Kier alpha value is -3.13. The first-order chi connectivity index (χ1) is 14.4. The van der Waals surface area contributed by atoms with Gasteiger partial charge in [-0.2, -0.15) is 4.99 Å². The number of carbonyl (C=O) groups is 2. The van der Waals surface area contributed by atoms with Crippen LogP contribution in [0.1, 0.15) is 28.4 Å². The molecule has 8 heteroatoms. The van der Waals surface area contributed by atoms with Gasteiger partial charge in [0.1, 0.15) is 6.54 Å². The van der Waals surface area contributed by atoms with Crippen molar-refractivity contribution in [3.05, 3.63) is 51.8 Å². The third kappa shape index (κ3) is 4.38. The number of hydrogen-bond acceptors (Lipinski definition) is 6. The SMILES string of the molecule is CCOC(=O)Cn1c(=NC(=O)c2ccc(OC)c(OC)c2)sc2c(C)cc(C)cc21. The monoisotopic (exact) mass is 428 g/mol. The lowest BCUT2D eigenvalue weighted by Crippen LogP contribution is -2.23. The Morgan fingerprint density at radius 1 is 1.07 bits per heavy atom. The van der Waals surface area contributed by atoms with Gasteiger partial charge in [0.25, 0.3) is 5.91 Å². The predicted octanol–water partition coefficient (Wildman–Crippen LogP) is 3.64. The molecular weight excluding hydrogens is 404 g/mol. The van der Waals surface area contributed by atoms with Gasteiger partial charge in [0.15, 0.2) is 16.3 Å². The highest BCUT2D eigenvalue weighted by Gasteiger charge is 2.15. The van der Waals surface area contributed by atoms with Crippen LogP contribution in [0.5, 0.6) is 11.5 Å². The number of nitrogens with zero attached hydrogens (tertiary/aromatic N) is 2. The van der Waals surface area contributed by atoms with Gasteiger partial charge in [-0.05, 0) is 56.2 Å². The topological polar surface area (TPSA) is 79.1 Å². The second kappa shape index (κ2) is 9.13. The summed E-state index contributed by atoms with van der Waals surface area (Å²) >= 11 is 1.37. The molecule has 0 N–H and O–H groups in total. The maximum atomic E-state index is 12.9. The number of benzene rings is 2. The molecule has 0 aliphatic heterocycles. The highest BCUT2D eigenvalue weighted by molar-refractivity contribution is 7.16. The molecule has 0 saturated carbocycles. The third-order valence-electron chi connectivity index (χ3n) is 4.53. The van der Waals surface area contributed by atoms with Gasteiger partial charge in [-0.3, -0.25) is 9.59 Å². The number of aromatic nitrogens is 1. The minimum absolute atomic E-state index is 0.0191. The first-order valence-electron chi connectivity index (χ1n) is 9.45. The van der Waals surface area contributed by atoms with Gasteiger partial charge in [0.2, 0.25) is 0 Å². The molecule has 0 saturated heterocycles. The third-order valence-corrected chi connectivity index (χ3v) is 5.76. The van der Waals surface area contributed by atoms with E-state index in [1.807, 2.05) is 19.9 Å². The molecule has 0 fully saturated rings. The number of amides is 1. The van der Waals surface area contributed by atoms with Crippen LogP contribution in [-0.2, 0) is 16.1 Å². The largest absolute Gasteiger partial charge is 0.493 e. The van der Waals surface area contributed by atoms with Crippen LogP contribution in [0.2, 0.25) is 0 Å². The zero-order valence-electron chi connectivity index (χ0n) is 17.6. The molecule has 1 amide bonds. The maximum absolute atomic E-state index is 12.9. The van der Waals surface area contributed by atoms with Crippen molar-refractivity contribution in [2.45, 2.75) is 27.3 Å². The Bertz CT molecular complexity index is 1180. The standard InChI is InChI=1S/C22H24N2O5S/c1-6-29-19(25)12-24-16-10-13(2)9-14(3)20(16)30-22(24)23-21(26)15-7-8-17(27-4)18(11-15)28-5/h7-11H,6,12H2,1-5H3. The molecule has 158 valence electrons. The molecule has 3 aromatic rings. The fourth-order valence-electron chi connectivity index (χ4n) is 3.21. The summed E-state index contributed by atoms with van der Waals surface area (Å²) in [7, 11) is 3.04. The van der Waals surface area contributed by atoms with Crippen molar-refractivity contribution in [1.29, 1.82) is 0 Å². The maximum Gasteiger partial charge on any atom is 0.326 e. The number of aryl methyl sites for hydroxylation is 2. The highest BCUT2D eigenvalue weighted by atomic mass is 32.1. The smallest absolute Gasteiger partial charge is 0.326 e. The average molecular weight is 429 g/mol. The molecule has 3 rings (SSSR count). The van der Waals surface area contributed by atoms with Crippen LogP contribution >= 0.6 is 11.3 Å². The van der Waals surface area contributed by atoms with Crippen LogP contribution < -0.4 is 14.3 Å². The summed E-state index contributed by atoms with van der Waals surface area (Å²) < 4.78 is 18.3. The van der Waals surface area contributed by atoms with E-state index in [0.29, 0.717) is 21.9 Å². The van der Waals surface area contributed by atoms with Gasteiger partial charge < -0.3 is 18.8 Å². The van der Waals surface area contributed by atoms with Crippen molar-refractivity contribution in [2.75, 3.05) is 20.8 Å². The van der Waals surface area contributed by atoms with Crippen molar-refractivity contribution >= 4 is 33.4 Å².